The third-order valence-electron chi connectivity index (χ3n) is 2.33. The van der Waals surface area contributed by atoms with Crippen LogP contribution in [0.25, 0.3) is 0 Å². The Labute approximate surface area is 104 Å². The number of nitrogens with two attached hydrogens (primary N) is 1. The van der Waals surface area contributed by atoms with Crippen molar-refractivity contribution in [2.45, 2.75) is 30.6 Å². The minimum atomic E-state index is 0.378. The van der Waals surface area contributed by atoms with Gasteiger partial charge in [-0.3, -0.25) is 4.98 Å². The summed E-state index contributed by atoms with van der Waals surface area (Å²) in [5, 5.41) is 9.70. The van der Waals surface area contributed by atoms with Gasteiger partial charge < -0.3 is 10.3 Å². The van der Waals surface area contributed by atoms with Gasteiger partial charge in [0.2, 0.25) is 0 Å². The molecule has 0 atom stereocenters. The van der Waals surface area contributed by atoms with Gasteiger partial charge in [0.25, 0.3) is 0 Å². The van der Waals surface area contributed by atoms with E-state index in [0.29, 0.717) is 6.54 Å². The summed E-state index contributed by atoms with van der Waals surface area (Å²) in [7, 11) is 1.89. The van der Waals surface area contributed by atoms with E-state index in [1.807, 2.05) is 25.5 Å². The van der Waals surface area contributed by atoms with Crippen LogP contribution in [-0.2, 0) is 13.6 Å². The zero-order valence-electron chi connectivity index (χ0n) is 10.0. The van der Waals surface area contributed by atoms with Crippen LogP contribution in [0.5, 0.6) is 0 Å². The molecule has 2 heterocycles. The normalized spacial score (nSPS) is 10.8. The van der Waals surface area contributed by atoms with Crippen LogP contribution in [0.1, 0.15) is 17.2 Å². The van der Waals surface area contributed by atoms with Crippen molar-refractivity contribution in [1.29, 1.82) is 0 Å². The molecule has 0 saturated heterocycles. The van der Waals surface area contributed by atoms with Crippen molar-refractivity contribution in [3.8, 4) is 0 Å². The summed E-state index contributed by atoms with van der Waals surface area (Å²) in [6, 6.07) is 0. The Morgan fingerprint density at radius 2 is 2.12 bits per heavy atom. The Balaban J connectivity index is 2.31. The van der Waals surface area contributed by atoms with Crippen molar-refractivity contribution in [2.24, 2.45) is 12.8 Å². The lowest BCUT2D eigenvalue weighted by molar-refractivity contribution is 0.733. The van der Waals surface area contributed by atoms with Crippen molar-refractivity contribution in [2.75, 3.05) is 0 Å². The van der Waals surface area contributed by atoms with Gasteiger partial charge >= 0.3 is 0 Å². The standard InChI is InChI=1S/C10H14N6S/c1-6-5-12-7(2)9(13-6)17-10-15-14-8(4-11)16(10)3/h5H,4,11H2,1-3H3. The summed E-state index contributed by atoms with van der Waals surface area (Å²) in [4.78, 5) is 8.70. The molecule has 0 unspecified atom stereocenters. The monoisotopic (exact) mass is 250 g/mol. The smallest absolute Gasteiger partial charge is 0.197 e. The molecular formula is C10H14N6S. The second-order valence-electron chi connectivity index (χ2n) is 3.67. The summed E-state index contributed by atoms with van der Waals surface area (Å²) in [6.45, 7) is 4.22. The Kier molecular flexibility index (Phi) is 3.39. The molecule has 2 aromatic heterocycles. The van der Waals surface area contributed by atoms with Crippen molar-refractivity contribution in [3.05, 3.63) is 23.4 Å². The van der Waals surface area contributed by atoms with Gasteiger partial charge in [-0.15, -0.1) is 10.2 Å². The fraction of sp³-hybridized carbons (Fsp3) is 0.400. The second kappa shape index (κ2) is 4.80. The van der Waals surface area contributed by atoms with Crippen LogP contribution >= 0.6 is 11.8 Å². The molecule has 0 radical (unpaired) electrons. The van der Waals surface area contributed by atoms with Crippen LogP contribution in [-0.4, -0.2) is 24.7 Å². The quantitative estimate of drug-likeness (QED) is 0.869. The van der Waals surface area contributed by atoms with Gasteiger partial charge in [-0.1, -0.05) is 0 Å². The van der Waals surface area contributed by atoms with E-state index in [1.54, 1.807) is 6.20 Å². The first kappa shape index (κ1) is 12.0. The SMILES string of the molecule is Cc1cnc(C)c(Sc2nnc(CN)n2C)n1. The number of aromatic nitrogens is 5. The summed E-state index contributed by atoms with van der Waals surface area (Å²) in [5.74, 6) is 0.755. The number of hydrogen-bond acceptors (Lipinski definition) is 6. The lowest BCUT2D eigenvalue weighted by atomic mass is 10.4. The Hall–Kier alpha value is -1.47. The molecule has 17 heavy (non-hydrogen) atoms. The third-order valence-corrected chi connectivity index (χ3v) is 3.45. The highest BCUT2D eigenvalue weighted by atomic mass is 32.2. The molecule has 0 amide bonds. The van der Waals surface area contributed by atoms with Crippen LogP contribution in [0.2, 0.25) is 0 Å². The molecule has 2 aromatic rings. The minimum Gasteiger partial charge on any atom is -0.324 e. The van der Waals surface area contributed by atoms with Gasteiger partial charge in [0.15, 0.2) is 5.16 Å². The van der Waals surface area contributed by atoms with E-state index in [1.165, 1.54) is 11.8 Å². The molecule has 0 bridgehead atoms. The van der Waals surface area contributed by atoms with Crippen LogP contribution in [0.3, 0.4) is 0 Å². The van der Waals surface area contributed by atoms with Crippen molar-refractivity contribution in [1.82, 2.24) is 24.7 Å². The van der Waals surface area contributed by atoms with E-state index < -0.39 is 0 Å². The van der Waals surface area contributed by atoms with Gasteiger partial charge in [-0.2, -0.15) is 0 Å². The largest absolute Gasteiger partial charge is 0.324 e. The van der Waals surface area contributed by atoms with Crippen LogP contribution in [0, 0.1) is 13.8 Å². The van der Waals surface area contributed by atoms with Gasteiger partial charge in [-0.25, -0.2) is 4.98 Å². The molecule has 2 rings (SSSR count). The summed E-state index contributed by atoms with van der Waals surface area (Å²) in [6.07, 6.45) is 1.75. The van der Waals surface area contributed by atoms with Crippen LogP contribution < -0.4 is 5.73 Å². The van der Waals surface area contributed by atoms with E-state index in [0.717, 1.165) is 27.4 Å². The predicted molar refractivity (Wildman–Crippen MR) is 64.5 cm³/mol. The molecule has 0 aliphatic carbocycles. The maximum absolute atomic E-state index is 5.55. The molecule has 0 spiro atoms. The zero-order valence-corrected chi connectivity index (χ0v) is 10.8. The van der Waals surface area contributed by atoms with E-state index in [9.17, 15) is 0 Å². The van der Waals surface area contributed by atoms with Gasteiger partial charge in [0.05, 0.1) is 17.9 Å². The highest BCUT2D eigenvalue weighted by molar-refractivity contribution is 7.99. The molecule has 0 fully saturated rings. The fourth-order valence-electron chi connectivity index (χ4n) is 1.31. The Bertz CT molecular complexity index is 536. The molecule has 7 heteroatoms. The number of rotatable bonds is 3. The summed E-state index contributed by atoms with van der Waals surface area (Å²) >= 11 is 1.45. The first-order valence-corrected chi connectivity index (χ1v) is 6.00. The van der Waals surface area contributed by atoms with Crippen molar-refractivity contribution < 1.29 is 0 Å². The van der Waals surface area contributed by atoms with E-state index in [2.05, 4.69) is 20.2 Å². The van der Waals surface area contributed by atoms with Crippen molar-refractivity contribution >= 4 is 11.8 Å². The average Bonchev–Trinajstić information content (AvgIpc) is 2.65. The average molecular weight is 250 g/mol. The minimum absolute atomic E-state index is 0.378. The number of nitrogens with zero attached hydrogens (tertiary/aromatic N) is 5. The lowest BCUT2D eigenvalue weighted by Crippen LogP contribution is -2.05. The maximum Gasteiger partial charge on any atom is 0.197 e. The molecule has 90 valence electrons. The Morgan fingerprint density at radius 1 is 1.35 bits per heavy atom. The molecule has 6 nitrogen and oxygen atoms in total. The van der Waals surface area contributed by atoms with Crippen molar-refractivity contribution in [3.63, 3.8) is 0 Å². The maximum atomic E-state index is 5.55. The first-order valence-electron chi connectivity index (χ1n) is 5.18. The second-order valence-corrected chi connectivity index (χ2v) is 4.62. The van der Waals surface area contributed by atoms with Gasteiger partial charge in [-0.05, 0) is 25.6 Å². The predicted octanol–water partition coefficient (Wildman–Crippen LogP) is 0.832. The summed E-state index contributed by atoms with van der Waals surface area (Å²) in [5.41, 5.74) is 7.33. The number of hydrogen-bond donors (Lipinski definition) is 1. The fourth-order valence-corrected chi connectivity index (χ4v) is 2.20. The third kappa shape index (κ3) is 2.45. The van der Waals surface area contributed by atoms with E-state index >= 15 is 0 Å². The zero-order chi connectivity index (χ0) is 12.4. The first-order chi connectivity index (χ1) is 8.11. The van der Waals surface area contributed by atoms with Gasteiger partial charge in [0.1, 0.15) is 10.9 Å². The van der Waals surface area contributed by atoms with E-state index in [-0.39, 0.29) is 0 Å². The molecule has 0 saturated carbocycles. The topological polar surface area (TPSA) is 82.5 Å². The highest BCUT2D eigenvalue weighted by Crippen LogP contribution is 2.26. The summed E-state index contributed by atoms with van der Waals surface area (Å²) < 4.78 is 1.87. The number of aryl methyl sites for hydroxylation is 2. The van der Waals surface area contributed by atoms with Crippen LogP contribution in [0.15, 0.2) is 16.4 Å². The van der Waals surface area contributed by atoms with Gasteiger partial charge in [0, 0.05) is 13.2 Å². The highest BCUT2D eigenvalue weighted by Gasteiger charge is 2.11. The molecule has 0 aliphatic rings. The Morgan fingerprint density at radius 3 is 2.76 bits per heavy atom. The lowest BCUT2D eigenvalue weighted by Gasteiger charge is -2.04. The molecule has 2 N–H and O–H groups in total. The molecule has 0 aliphatic heterocycles. The molecule has 0 aromatic carbocycles. The van der Waals surface area contributed by atoms with Crippen LogP contribution in [0.4, 0.5) is 0 Å². The van der Waals surface area contributed by atoms with E-state index in [4.69, 9.17) is 5.73 Å². The molecular weight excluding hydrogens is 236 g/mol.